The molecule has 0 aliphatic heterocycles. The van der Waals surface area contributed by atoms with Gasteiger partial charge in [-0.3, -0.25) is 20.8 Å². The Morgan fingerprint density at radius 1 is 0.840 bits per heavy atom. The average molecular weight is 333 g/mol. The van der Waals surface area contributed by atoms with Crippen LogP contribution in [0.25, 0.3) is 0 Å². The fourth-order valence-electron chi connectivity index (χ4n) is 1.83. The lowest BCUT2D eigenvalue weighted by molar-refractivity contribution is 1.13. The van der Waals surface area contributed by atoms with Crippen molar-refractivity contribution in [3.05, 3.63) is 66.2 Å². The Labute approximate surface area is 143 Å². The molecule has 25 heavy (non-hydrogen) atoms. The van der Waals surface area contributed by atoms with Crippen LogP contribution in [0.5, 0.6) is 0 Å². The maximum absolute atomic E-state index is 5.70. The zero-order valence-corrected chi connectivity index (χ0v) is 13.1. The monoisotopic (exact) mass is 333 g/mol. The minimum Gasteiger partial charge on any atom is -0.368 e. The van der Waals surface area contributed by atoms with Gasteiger partial charge in [-0.25, -0.2) is 0 Å². The highest BCUT2D eigenvalue weighted by atomic mass is 15.3. The molecule has 3 aromatic heterocycles. The lowest BCUT2D eigenvalue weighted by Gasteiger charge is -2.04. The molecule has 0 radical (unpaired) electrons. The van der Waals surface area contributed by atoms with E-state index in [-0.39, 0.29) is 5.95 Å². The van der Waals surface area contributed by atoms with E-state index in [9.17, 15) is 0 Å². The quantitative estimate of drug-likeness (QED) is 0.463. The second kappa shape index (κ2) is 8.11. The molecule has 3 rings (SSSR count). The third kappa shape index (κ3) is 5.06. The van der Waals surface area contributed by atoms with Gasteiger partial charge in [-0.2, -0.15) is 20.2 Å². The van der Waals surface area contributed by atoms with E-state index < -0.39 is 0 Å². The molecule has 0 spiro atoms. The minimum absolute atomic E-state index is 0.0978. The number of nitrogens with one attached hydrogen (secondary N) is 2. The van der Waals surface area contributed by atoms with Crippen molar-refractivity contribution in [3.63, 3.8) is 0 Å². The summed E-state index contributed by atoms with van der Waals surface area (Å²) in [4.78, 5) is 16.1. The summed E-state index contributed by atoms with van der Waals surface area (Å²) < 4.78 is 0. The van der Waals surface area contributed by atoms with E-state index >= 15 is 0 Å². The van der Waals surface area contributed by atoms with E-state index in [1.165, 1.54) is 0 Å². The van der Waals surface area contributed by atoms with Gasteiger partial charge in [0.05, 0.1) is 12.4 Å². The van der Waals surface area contributed by atoms with E-state index in [1.54, 1.807) is 43.3 Å². The van der Waals surface area contributed by atoms with Crippen LogP contribution in [-0.4, -0.2) is 32.4 Å². The molecule has 4 N–H and O–H groups in total. The third-order valence-corrected chi connectivity index (χ3v) is 2.90. The molecule has 0 unspecified atom stereocenters. The van der Waals surface area contributed by atoms with Crippen LogP contribution in [0.1, 0.15) is 11.1 Å². The summed E-state index contributed by atoms with van der Waals surface area (Å²) in [7, 11) is 0. The Bertz CT molecular complexity index is 794. The van der Waals surface area contributed by atoms with Crippen LogP contribution in [0, 0.1) is 0 Å². The minimum atomic E-state index is 0.0978. The summed E-state index contributed by atoms with van der Waals surface area (Å²) in [5.74, 6) is 0.971. The maximum atomic E-state index is 5.70. The van der Waals surface area contributed by atoms with Gasteiger partial charge in [0.1, 0.15) is 0 Å². The number of anilines is 3. The molecule has 0 bridgehead atoms. The second-order valence-electron chi connectivity index (χ2n) is 4.81. The molecule has 0 saturated carbocycles. The van der Waals surface area contributed by atoms with Gasteiger partial charge < -0.3 is 5.73 Å². The van der Waals surface area contributed by atoms with E-state index in [0.29, 0.717) is 11.6 Å². The molecule has 0 amide bonds. The summed E-state index contributed by atoms with van der Waals surface area (Å²) in [6, 6.07) is 9.05. The van der Waals surface area contributed by atoms with Gasteiger partial charge in [0.2, 0.25) is 5.95 Å². The molecule has 0 aromatic carbocycles. The van der Waals surface area contributed by atoms with Crippen molar-refractivity contribution in [2.24, 2.45) is 10.2 Å². The highest BCUT2D eigenvalue weighted by Crippen LogP contribution is 2.12. The normalized spacial score (nSPS) is 11.0. The number of hydrogen-bond acceptors (Lipinski definition) is 9. The second-order valence-corrected chi connectivity index (χ2v) is 4.81. The number of aromatic nitrogens is 4. The molecular weight excluding hydrogens is 318 g/mol. The van der Waals surface area contributed by atoms with Gasteiger partial charge in [0, 0.05) is 42.0 Å². The summed E-state index contributed by atoms with van der Waals surface area (Å²) in [6.07, 6.45) is 10.0. The van der Waals surface area contributed by atoms with Crippen molar-refractivity contribution < 1.29 is 0 Å². The Morgan fingerprint density at radius 2 is 1.36 bits per heavy atom. The Hall–Kier alpha value is -3.88. The first-order valence-electron chi connectivity index (χ1n) is 7.32. The van der Waals surface area contributed by atoms with E-state index in [2.05, 4.69) is 41.0 Å². The molecular formula is C16H15N9. The average Bonchev–Trinajstić information content (AvgIpc) is 2.63. The number of hydrogen-bond donors (Lipinski definition) is 3. The van der Waals surface area contributed by atoms with Crippen molar-refractivity contribution in [1.82, 2.24) is 19.9 Å². The topological polar surface area (TPSA) is 126 Å². The summed E-state index contributed by atoms with van der Waals surface area (Å²) in [6.45, 7) is 0. The van der Waals surface area contributed by atoms with Crippen LogP contribution in [-0.2, 0) is 0 Å². The van der Waals surface area contributed by atoms with Crippen molar-refractivity contribution >= 4 is 30.0 Å². The van der Waals surface area contributed by atoms with Crippen molar-refractivity contribution in [1.29, 1.82) is 0 Å². The number of nitrogens with zero attached hydrogens (tertiary/aromatic N) is 6. The first kappa shape index (κ1) is 16.0. The summed E-state index contributed by atoms with van der Waals surface area (Å²) >= 11 is 0. The van der Waals surface area contributed by atoms with E-state index in [0.717, 1.165) is 11.1 Å². The zero-order chi connectivity index (χ0) is 17.3. The Balaban J connectivity index is 1.64. The van der Waals surface area contributed by atoms with Gasteiger partial charge in [-0.05, 0) is 12.1 Å². The molecule has 0 fully saturated rings. The van der Waals surface area contributed by atoms with Crippen molar-refractivity contribution in [2.45, 2.75) is 0 Å². The van der Waals surface area contributed by atoms with Crippen molar-refractivity contribution in [3.8, 4) is 0 Å². The molecule has 0 atom stereocenters. The van der Waals surface area contributed by atoms with E-state index in [1.807, 2.05) is 24.3 Å². The number of nitrogens with two attached hydrogens (primary N) is 1. The largest absolute Gasteiger partial charge is 0.368 e. The first-order valence-corrected chi connectivity index (χ1v) is 7.32. The summed E-state index contributed by atoms with van der Waals surface area (Å²) in [5, 5.41) is 8.17. The molecule has 3 aromatic rings. The van der Waals surface area contributed by atoms with Crippen LogP contribution in [0.4, 0.5) is 17.6 Å². The van der Waals surface area contributed by atoms with E-state index in [4.69, 9.17) is 5.73 Å². The lowest BCUT2D eigenvalue weighted by Crippen LogP contribution is -2.03. The fourth-order valence-corrected chi connectivity index (χ4v) is 1.83. The van der Waals surface area contributed by atoms with Gasteiger partial charge in [-0.1, -0.05) is 12.1 Å². The fraction of sp³-hybridized carbons (Fsp3) is 0. The third-order valence-electron chi connectivity index (χ3n) is 2.90. The van der Waals surface area contributed by atoms with Crippen LogP contribution in [0.2, 0.25) is 0 Å². The maximum Gasteiger partial charge on any atom is 0.224 e. The van der Waals surface area contributed by atoms with Gasteiger partial charge >= 0.3 is 0 Å². The van der Waals surface area contributed by atoms with Crippen LogP contribution in [0.3, 0.4) is 0 Å². The molecule has 124 valence electrons. The molecule has 3 heterocycles. The zero-order valence-electron chi connectivity index (χ0n) is 13.1. The molecule has 0 aliphatic rings. The predicted molar refractivity (Wildman–Crippen MR) is 97.4 cm³/mol. The SMILES string of the molecule is Nc1nc(NN=Cc2cccnc2)cc(NN=Cc2cccnc2)n1. The highest BCUT2D eigenvalue weighted by Gasteiger charge is 2.00. The Morgan fingerprint density at radius 3 is 1.80 bits per heavy atom. The van der Waals surface area contributed by atoms with Crippen LogP contribution in [0.15, 0.2) is 65.3 Å². The molecule has 9 nitrogen and oxygen atoms in total. The number of pyridine rings is 2. The lowest BCUT2D eigenvalue weighted by atomic mass is 10.3. The standard InChI is InChI=1S/C16H15N9/c17-16-22-14(24-20-10-12-3-1-5-18-8-12)7-15(23-16)25-21-11-13-4-2-6-19-9-13/h1-11H,(H4,17,22,23,24,25). The summed E-state index contributed by atoms with van der Waals surface area (Å²) in [5.41, 5.74) is 13.0. The van der Waals surface area contributed by atoms with Crippen LogP contribution >= 0.6 is 0 Å². The molecule has 9 heteroatoms. The van der Waals surface area contributed by atoms with Gasteiger partial charge in [0.25, 0.3) is 0 Å². The first-order chi connectivity index (χ1) is 12.3. The predicted octanol–water partition coefficient (Wildman–Crippen LogP) is 1.74. The molecule has 0 aliphatic carbocycles. The van der Waals surface area contributed by atoms with Crippen molar-refractivity contribution in [2.75, 3.05) is 16.6 Å². The number of hydrazone groups is 2. The van der Waals surface area contributed by atoms with Gasteiger partial charge in [0.15, 0.2) is 11.6 Å². The smallest absolute Gasteiger partial charge is 0.224 e. The van der Waals surface area contributed by atoms with Gasteiger partial charge in [-0.15, -0.1) is 0 Å². The highest BCUT2D eigenvalue weighted by molar-refractivity contribution is 5.80. The molecule has 0 saturated heterocycles. The Kier molecular flexibility index (Phi) is 5.19. The number of rotatable bonds is 6. The van der Waals surface area contributed by atoms with Crippen LogP contribution < -0.4 is 16.6 Å². The number of nitrogen functional groups attached to an aromatic ring is 1.